The number of aliphatic hydroxyl groups excluding tert-OH is 11. The van der Waals surface area contributed by atoms with Crippen LogP contribution in [0.2, 0.25) is 0 Å². The van der Waals surface area contributed by atoms with E-state index in [2.05, 4.69) is 0 Å². The van der Waals surface area contributed by atoms with Gasteiger partial charge in [0.1, 0.15) is 73.2 Å². The molecule has 0 amide bonds. The highest BCUT2D eigenvalue weighted by Crippen LogP contribution is 2.32. The summed E-state index contributed by atoms with van der Waals surface area (Å²) >= 11 is 0. The summed E-state index contributed by atoms with van der Waals surface area (Å²) in [7, 11) is 0. The highest BCUT2D eigenvalue weighted by atomic mass is 16.8. The molecule has 0 bridgehead atoms. The van der Waals surface area contributed by atoms with Crippen LogP contribution < -0.4 is 0 Å². The third kappa shape index (κ3) is 5.37. The van der Waals surface area contributed by atoms with Crippen LogP contribution >= 0.6 is 0 Å². The molecule has 3 aliphatic heterocycles. The van der Waals surface area contributed by atoms with E-state index in [0.717, 1.165) is 0 Å². The maximum atomic E-state index is 10.8. The van der Waals surface area contributed by atoms with E-state index in [1.165, 1.54) is 0 Å². The van der Waals surface area contributed by atoms with Crippen molar-refractivity contribution in [3.05, 3.63) is 0 Å². The summed E-state index contributed by atoms with van der Waals surface area (Å²) in [6.45, 7) is -2.31. The summed E-state index contributed by atoms with van der Waals surface area (Å²) in [5, 5.41) is 109. The molecule has 3 rings (SSSR count). The molecule has 11 N–H and O–H groups in total. The molecule has 0 aromatic rings. The van der Waals surface area contributed by atoms with Gasteiger partial charge in [-0.15, -0.1) is 0 Å². The van der Waals surface area contributed by atoms with Crippen LogP contribution in [0.3, 0.4) is 0 Å². The first-order valence-corrected chi connectivity index (χ1v) is 10.6. The largest absolute Gasteiger partial charge is 0.394 e. The van der Waals surface area contributed by atoms with Gasteiger partial charge in [0.05, 0.1) is 19.8 Å². The first-order valence-electron chi connectivity index (χ1n) is 10.6. The second-order valence-corrected chi connectivity index (χ2v) is 8.33. The fourth-order valence-electron chi connectivity index (χ4n) is 4.04. The predicted octanol–water partition coefficient (Wildman–Crippen LogP) is -7.57. The second kappa shape index (κ2) is 11.6. The zero-order valence-corrected chi connectivity index (χ0v) is 17.7. The van der Waals surface area contributed by atoms with Gasteiger partial charge in [0.2, 0.25) is 0 Å². The van der Waals surface area contributed by atoms with Crippen molar-refractivity contribution in [2.24, 2.45) is 0 Å². The van der Waals surface area contributed by atoms with Gasteiger partial charge in [-0.2, -0.15) is 0 Å². The average molecular weight is 504 g/mol. The molecule has 200 valence electrons. The molecule has 16 nitrogen and oxygen atoms in total. The van der Waals surface area contributed by atoms with Gasteiger partial charge in [-0.1, -0.05) is 0 Å². The minimum Gasteiger partial charge on any atom is -0.394 e. The molecule has 0 radical (unpaired) electrons. The fraction of sp³-hybridized carbons (Fsp3) is 1.00. The zero-order valence-electron chi connectivity index (χ0n) is 17.7. The Morgan fingerprint density at radius 3 is 1.26 bits per heavy atom. The molecular formula is C18H32O16. The molecule has 0 aromatic heterocycles. The van der Waals surface area contributed by atoms with Crippen LogP contribution in [0.15, 0.2) is 0 Å². The van der Waals surface area contributed by atoms with Gasteiger partial charge in [0.15, 0.2) is 18.9 Å². The molecule has 15 atom stereocenters. The normalized spacial score (nSPS) is 52.5. The molecule has 0 aliphatic carbocycles. The third-order valence-electron chi connectivity index (χ3n) is 6.09. The maximum absolute atomic E-state index is 10.8. The van der Waals surface area contributed by atoms with Crippen molar-refractivity contribution in [1.29, 1.82) is 0 Å². The van der Waals surface area contributed by atoms with E-state index < -0.39 is 112 Å². The summed E-state index contributed by atoms with van der Waals surface area (Å²) in [4.78, 5) is 0. The van der Waals surface area contributed by atoms with E-state index in [1.54, 1.807) is 0 Å². The van der Waals surface area contributed by atoms with Crippen LogP contribution in [0.4, 0.5) is 0 Å². The summed E-state index contributed by atoms with van der Waals surface area (Å²) in [6.07, 6.45) is -25.4. The summed E-state index contributed by atoms with van der Waals surface area (Å²) in [6, 6.07) is 0. The first-order chi connectivity index (χ1) is 16.0. The molecule has 0 saturated carbocycles. The van der Waals surface area contributed by atoms with E-state index in [4.69, 9.17) is 23.7 Å². The number of hydrogen-bond acceptors (Lipinski definition) is 16. The third-order valence-corrected chi connectivity index (χ3v) is 6.09. The Morgan fingerprint density at radius 2 is 0.853 bits per heavy atom. The van der Waals surface area contributed by atoms with Crippen molar-refractivity contribution in [3.8, 4) is 0 Å². The van der Waals surface area contributed by atoms with Crippen LogP contribution in [0, 0.1) is 0 Å². The first kappa shape index (κ1) is 27.9. The van der Waals surface area contributed by atoms with E-state index >= 15 is 0 Å². The van der Waals surface area contributed by atoms with Crippen LogP contribution in [-0.2, 0) is 23.7 Å². The number of ether oxygens (including phenoxy) is 5. The van der Waals surface area contributed by atoms with Crippen molar-refractivity contribution in [1.82, 2.24) is 0 Å². The average Bonchev–Trinajstić information content (AvgIpc) is 2.82. The molecular weight excluding hydrogens is 472 g/mol. The van der Waals surface area contributed by atoms with Gasteiger partial charge in [-0.25, -0.2) is 0 Å². The summed E-state index contributed by atoms with van der Waals surface area (Å²) in [5.41, 5.74) is 0. The van der Waals surface area contributed by atoms with Gasteiger partial charge in [0.25, 0.3) is 0 Å². The van der Waals surface area contributed by atoms with Crippen LogP contribution in [0.25, 0.3) is 0 Å². The maximum Gasteiger partial charge on any atom is 0.187 e. The highest BCUT2D eigenvalue weighted by molar-refractivity contribution is 4.96. The van der Waals surface area contributed by atoms with Gasteiger partial charge < -0.3 is 79.9 Å². The molecule has 0 aromatic carbocycles. The molecule has 0 spiro atoms. The second-order valence-electron chi connectivity index (χ2n) is 8.33. The van der Waals surface area contributed by atoms with E-state index in [-0.39, 0.29) is 0 Å². The Hall–Kier alpha value is -0.640. The van der Waals surface area contributed by atoms with Crippen molar-refractivity contribution in [2.75, 3.05) is 19.8 Å². The van der Waals surface area contributed by atoms with E-state index in [1.807, 2.05) is 0 Å². The van der Waals surface area contributed by atoms with Crippen LogP contribution in [-0.4, -0.2) is 168 Å². The minimum absolute atomic E-state index is 0.750. The quantitative estimate of drug-likeness (QED) is 0.154. The molecule has 1 unspecified atom stereocenters. The highest BCUT2D eigenvalue weighted by Gasteiger charge is 2.53. The molecule has 3 saturated heterocycles. The lowest BCUT2D eigenvalue weighted by Gasteiger charge is -2.47. The Bertz CT molecular complexity index is 637. The molecule has 3 heterocycles. The standard InChI is InChI=1S/C18H32O16/c19-1-4-7(22)9(24)11(26)17(31-4)33-14-6(3-21)30-16(29)15(13(14)28)34-18-12(27)10(25)8(23)5(2-20)32-18/h4-29H,1-3H2/t4-,5-,6-,7-,8-,9+,10+,11-,12-,13+,14-,15-,16?,17+,18+/m1/s1. The van der Waals surface area contributed by atoms with Gasteiger partial charge in [0, 0.05) is 0 Å². The zero-order chi connectivity index (χ0) is 25.3. The molecule has 16 heteroatoms. The number of rotatable bonds is 7. The number of hydrogen-bond donors (Lipinski definition) is 11. The molecule has 3 fully saturated rings. The Balaban J connectivity index is 1.76. The lowest BCUT2D eigenvalue weighted by Crippen LogP contribution is -2.66. The van der Waals surface area contributed by atoms with E-state index in [9.17, 15) is 56.2 Å². The van der Waals surface area contributed by atoms with Crippen LogP contribution in [0.5, 0.6) is 0 Å². The van der Waals surface area contributed by atoms with E-state index in [0.29, 0.717) is 0 Å². The monoisotopic (exact) mass is 504 g/mol. The smallest absolute Gasteiger partial charge is 0.187 e. The Morgan fingerprint density at radius 1 is 0.441 bits per heavy atom. The van der Waals surface area contributed by atoms with Crippen molar-refractivity contribution in [2.45, 2.75) is 92.1 Å². The summed E-state index contributed by atoms with van der Waals surface area (Å²) < 4.78 is 26.4. The minimum atomic E-state index is -1.92. The Kier molecular flexibility index (Phi) is 9.54. The Labute approximate surface area is 192 Å². The lowest BCUT2D eigenvalue weighted by atomic mass is 9.96. The molecule has 3 aliphatic rings. The van der Waals surface area contributed by atoms with Crippen LogP contribution in [0.1, 0.15) is 0 Å². The number of aliphatic hydroxyl groups is 11. The van der Waals surface area contributed by atoms with Gasteiger partial charge in [-0.05, 0) is 0 Å². The van der Waals surface area contributed by atoms with Gasteiger partial charge >= 0.3 is 0 Å². The SMILES string of the molecule is OC[C@H]1O[C@@H](O[C@H]2[C@H](O)[C@@H](O[C@@H]3O[C@H](CO)[C@@H](O)[C@H](O)[C@H]3O)C(O)O[C@@H]2CO)[C@H](O)[C@@H](O)[C@@H]1O. The van der Waals surface area contributed by atoms with Crippen molar-refractivity contribution >= 4 is 0 Å². The topological polar surface area (TPSA) is 269 Å². The predicted molar refractivity (Wildman–Crippen MR) is 101 cm³/mol. The van der Waals surface area contributed by atoms with Crippen molar-refractivity contribution in [3.63, 3.8) is 0 Å². The van der Waals surface area contributed by atoms with Gasteiger partial charge in [-0.3, -0.25) is 0 Å². The van der Waals surface area contributed by atoms with Crippen molar-refractivity contribution < 1.29 is 79.9 Å². The lowest BCUT2D eigenvalue weighted by molar-refractivity contribution is -0.382. The molecule has 34 heavy (non-hydrogen) atoms. The fourth-order valence-corrected chi connectivity index (χ4v) is 4.04. The summed E-state index contributed by atoms with van der Waals surface area (Å²) in [5.74, 6) is 0.